The Hall–Kier alpha value is -2.82. The van der Waals surface area contributed by atoms with Gasteiger partial charge in [-0.2, -0.15) is 0 Å². The van der Waals surface area contributed by atoms with Crippen LogP contribution in [0.5, 0.6) is 28.7 Å². The normalized spacial score (nSPS) is 19.5. The van der Waals surface area contributed by atoms with E-state index in [1.165, 1.54) is 5.57 Å². The Morgan fingerprint density at radius 3 is 2.77 bits per heavy atom. The van der Waals surface area contributed by atoms with E-state index in [1.54, 1.807) is 25.3 Å². The van der Waals surface area contributed by atoms with Crippen molar-refractivity contribution in [1.29, 1.82) is 0 Å². The molecule has 2 aromatic carbocycles. The first kappa shape index (κ1) is 16.6. The second kappa shape index (κ2) is 6.16. The number of fused-ring (bicyclic) bond motifs is 5. The van der Waals surface area contributed by atoms with Crippen LogP contribution in [-0.2, 0) is 6.42 Å². The summed E-state index contributed by atoms with van der Waals surface area (Å²) in [7, 11) is 1.60. The van der Waals surface area contributed by atoms with Gasteiger partial charge in [-0.3, -0.25) is 0 Å². The molecule has 0 radical (unpaired) electrons. The quantitative estimate of drug-likeness (QED) is 0.808. The van der Waals surface area contributed by atoms with E-state index in [1.807, 2.05) is 26.0 Å². The minimum absolute atomic E-state index is 0.0212. The molecule has 2 atom stereocenters. The Morgan fingerprint density at radius 1 is 1.23 bits per heavy atom. The van der Waals surface area contributed by atoms with Crippen LogP contribution in [-0.4, -0.2) is 23.9 Å². The molecule has 2 aliphatic rings. The minimum Gasteiger partial charge on any atom is -0.508 e. The zero-order valence-electron chi connectivity index (χ0n) is 15.1. The Bertz CT molecular complexity index is 896. The van der Waals surface area contributed by atoms with E-state index in [4.69, 9.17) is 14.2 Å². The summed E-state index contributed by atoms with van der Waals surface area (Å²) in [6, 6.07) is 6.81. The van der Waals surface area contributed by atoms with Crippen molar-refractivity contribution in [3.05, 3.63) is 52.6 Å². The zero-order valence-corrected chi connectivity index (χ0v) is 15.1. The van der Waals surface area contributed by atoms with E-state index < -0.39 is 0 Å². The second-order valence-corrected chi connectivity index (χ2v) is 6.98. The number of rotatable bonds is 3. The second-order valence-electron chi connectivity index (χ2n) is 6.98. The van der Waals surface area contributed by atoms with Crippen molar-refractivity contribution in [2.45, 2.75) is 32.3 Å². The summed E-state index contributed by atoms with van der Waals surface area (Å²) in [6.07, 6.45) is 2.35. The highest BCUT2D eigenvalue weighted by atomic mass is 16.5. The van der Waals surface area contributed by atoms with Crippen LogP contribution in [0, 0.1) is 0 Å². The molecule has 0 spiro atoms. The van der Waals surface area contributed by atoms with Gasteiger partial charge in [-0.25, -0.2) is 0 Å². The SMILES string of the molecule is COc1c(CC=C(C)C)c(O)cc2c1[C@@H]1Oc3cc(O)ccc3[C@@H]1CO2. The smallest absolute Gasteiger partial charge is 0.141 e. The lowest BCUT2D eigenvalue weighted by Crippen LogP contribution is -2.24. The van der Waals surface area contributed by atoms with Gasteiger partial charge in [0.1, 0.15) is 34.9 Å². The largest absolute Gasteiger partial charge is 0.508 e. The van der Waals surface area contributed by atoms with Crippen LogP contribution in [0.15, 0.2) is 35.9 Å². The maximum atomic E-state index is 10.5. The summed E-state index contributed by atoms with van der Waals surface area (Å²) in [5, 5.41) is 20.2. The van der Waals surface area contributed by atoms with Gasteiger partial charge in [-0.1, -0.05) is 17.7 Å². The topological polar surface area (TPSA) is 68.2 Å². The molecule has 0 fully saturated rings. The van der Waals surface area contributed by atoms with Gasteiger partial charge < -0.3 is 24.4 Å². The highest BCUT2D eigenvalue weighted by Gasteiger charge is 2.43. The number of hydrogen-bond acceptors (Lipinski definition) is 5. The van der Waals surface area contributed by atoms with Crippen LogP contribution in [0.2, 0.25) is 0 Å². The van der Waals surface area contributed by atoms with Crippen LogP contribution < -0.4 is 14.2 Å². The predicted octanol–water partition coefficient (Wildman–Crippen LogP) is 4.22. The van der Waals surface area contributed by atoms with Gasteiger partial charge in [-0.15, -0.1) is 0 Å². The predicted molar refractivity (Wildman–Crippen MR) is 97.5 cm³/mol. The summed E-state index contributed by atoms with van der Waals surface area (Å²) in [5.41, 5.74) is 3.71. The number of phenols is 2. The molecular weight excluding hydrogens is 332 g/mol. The average molecular weight is 354 g/mol. The first-order valence-corrected chi connectivity index (χ1v) is 8.68. The van der Waals surface area contributed by atoms with Crippen molar-refractivity contribution in [2.24, 2.45) is 0 Å². The number of phenolic OH excluding ortho intramolecular Hbond substituents is 2. The van der Waals surface area contributed by atoms with Crippen molar-refractivity contribution in [3.63, 3.8) is 0 Å². The highest BCUT2D eigenvalue weighted by molar-refractivity contribution is 5.62. The summed E-state index contributed by atoms with van der Waals surface area (Å²) >= 11 is 0. The highest BCUT2D eigenvalue weighted by Crippen LogP contribution is 2.56. The van der Waals surface area contributed by atoms with Gasteiger partial charge >= 0.3 is 0 Å². The molecular formula is C21H22O5. The maximum absolute atomic E-state index is 10.5. The third-order valence-corrected chi connectivity index (χ3v) is 5.00. The number of aromatic hydroxyl groups is 2. The van der Waals surface area contributed by atoms with E-state index >= 15 is 0 Å². The monoisotopic (exact) mass is 354 g/mol. The van der Waals surface area contributed by atoms with Gasteiger partial charge in [0.25, 0.3) is 0 Å². The van der Waals surface area contributed by atoms with Crippen LogP contribution in [0.1, 0.15) is 42.6 Å². The molecule has 5 nitrogen and oxygen atoms in total. The fourth-order valence-corrected chi connectivity index (χ4v) is 3.74. The Kier molecular flexibility index (Phi) is 3.94. The van der Waals surface area contributed by atoms with E-state index in [2.05, 4.69) is 0 Å². The fourth-order valence-electron chi connectivity index (χ4n) is 3.74. The average Bonchev–Trinajstić information content (AvgIpc) is 2.96. The Balaban J connectivity index is 1.83. The van der Waals surface area contributed by atoms with Crippen molar-refractivity contribution in [3.8, 4) is 28.7 Å². The molecule has 2 N–H and O–H groups in total. The lowest BCUT2D eigenvalue weighted by atomic mass is 9.87. The molecule has 5 heteroatoms. The lowest BCUT2D eigenvalue weighted by Gasteiger charge is -2.30. The maximum Gasteiger partial charge on any atom is 0.141 e. The van der Waals surface area contributed by atoms with Crippen LogP contribution in [0.25, 0.3) is 0 Å². The molecule has 0 unspecified atom stereocenters. The zero-order chi connectivity index (χ0) is 18.4. The number of benzene rings is 2. The van der Waals surface area contributed by atoms with Crippen LogP contribution in [0.4, 0.5) is 0 Å². The van der Waals surface area contributed by atoms with Gasteiger partial charge in [0.2, 0.25) is 0 Å². The molecule has 0 amide bonds. The molecule has 0 bridgehead atoms. The molecule has 0 saturated heterocycles. The first-order valence-electron chi connectivity index (χ1n) is 8.68. The van der Waals surface area contributed by atoms with Crippen LogP contribution in [0.3, 0.4) is 0 Å². The number of methoxy groups -OCH3 is 1. The lowest BCUT2D eigenvalue weighted by molar-refractivity contribution is 0.135. The van der Waals surface area contributed by atoms with E-state index in [0.29, 0.717) is 30.3 Å². The fraction of sp³-hybridized carbons (Fsp3) is 0.333. The molecule has 26 heavy (non-hydrogen) atoms. The van der Waals surface area contributed by atoms with Gasteiger partial charge in [-0.05, 0) is 26.3 Å². The molecule has 136 valence electrons. The minimum atomic E-state index is -0.267. The number of hydrogen-bond donors (Lipinski definition) is 2. The van der Waals surface area contributed by atoms with Crippen LogP contribution >= 0.6 is 0 Å². The summed E-state index contributed by atoms with van der Waals surface area (Å²) in [6.45, 7) is 4.49. The number of ether oxygens (including phenoxy) is 3. The Labute approximate surface area is 152 Å². The van der Waals surface area contributed by atoms with E-state index in [9.17, 15) is 10.2 Å². The third-order valence-electron chi connectivity index (χ3n) is 5.00. The van der Waals surface area contributed by atoms with Crippen molar-refractivity contribution < 1.29 is 24.4 Å². The van der Waals surface area contributed by atoms with E-state index in [-0.39, 0.29) is 23.5 Å². The molecule has 2 aliphatic heterocycles. The summed E-state index contributed by atoms with van der Waals surface area (Å²) in [5.74, 6) is 2.20. The molecule has 0 aliphatic carbocycles. The number of allylic oxidation sites excluding steroid dienone is 2. The van der Waals surface area contributed by atoms with Gasteiger partial charge in [0, 0.05) is 23.3 Å². The summed E-state index contributed by atoms with van der Waals surface area (Å²) in [4.78, 5) is 0. The first-order chi connectivity index (χ1) is 12.5. The van der Waals surface area contributed by atoms with Gasteiger partial charge in [0.15, 0.2) is 0 Å². The molecule has 2 heterocycles. The standard InChI is InChI=1S/C21H22O5/c1-11(2)4-6-14-16(23)9-18-19(20(14)24-3)21-15(10-25-18)13-7-5-12(22)8-17(13)26-21/h4-5,7-9,15,21-23H,6,10H2,1-3H3/t15-,21+/m0/s1. The van der Waals surface area contributed by atoms with Crippen molar-refractivity contribution >= 4 is 0 Å². The third kappa shape index (κ3) is 2.55. The molecule has 0 aromatic heterocycles. The van der Waals surface area contributed by atoms with Crippen molar-refractivity contribution in [2.75, 3.05) is 13.7 Å². The molecule has 2 aromatic rings. The molecule has 4 rings (SSSR count). The van der Waals surface area contributed by atoms with E-state index in [0.717, 1.165) is 16.7 Å². The van der Waals surface area contributed by atoms with Gasteiger partial charge in [0.05, 0.1) is 25.2 Å². The van der Waals surface area contributed by atoms with Crippen molar-refractivity contribution in [1.82, 2.24) is 0 Å². The summed E-state index contributed by atoms with van der Waals surface area (Å²) < 4.78 is 17.8. The molecule has 0 saturated carbocycles. The Morgan fingerprint density at radius 2 is 2.04 bits per heavy atom.